The number of hydrogen-bond acceptors (Lipinski definition) is 5. The Bertz CT molecular complexity index is 1070. The lowest BCUT2D eigenvalue weighted by molar-refractivity contribution is 0.322. The van der Waals surface area contributed by atoms with Crippen molar-refractivity contribution in [2.75, 3.05) is 13.7 Å². The molecule has 0 radical (unpaired) electrons. The second-order valence-electron chi connectivity index (χ2n) is 6.79. The predicted molar refractivity (Wildman–Crippen MR) is 105 cm³/mol. The minimum absolute atomic E-state index is 0.142. The molecular weight excluding hydrogens is 381 g/mol. The van der Waals surface area contributed by atoms with Crippen molar-refractivity contribution in [1.29, 1.82) is 0 Å². The van der Waals surface area contributed by atoms with Gasteiger partial charge in [-0.15, -0.1) is 0 Å². The fraction of sp³-hybridized carbons (Fsp3) is 0.400. The minimum atomic E-state index is -1.45. The predicted octanol–water partition coefficient (Wildman–Crippen LogP) is 4.00. The number of pyridine rings is 1. The molecule has 0 amide bonds. The Morgan fingerprint density at radius 3 is 2.96 bits per heavy atom. The van der Waals surface area contributed by atoms with Gasteiger partial charge in [0.25, 0.3) is 0 Å². The van der Waals surface area contributed by atoms with Crippen LogP contribution < -0.4 is 9.47 Å². The molecule has 8 heteroatoms. The average molecular weight is 403 g/mol. The van der Waals surface area contributed by atoms with Crippen molar-refractivity contribution in [3.8, 4) is 11.5 Å². The Morgan fingerprint density at radius 2 is 2.21 bits per heavy atom. The van der Waals surface area contributed by atoms with E-state index < -0.39 is 16.6 Å². The summed E-state index contributed by atoms with van der Waals surface area (Å²) in [6.07, 6.45) is 4.25. The lowest BCUT2D eigenvalue weighted by atomic mass is 9.93. The first-order chi connectivity index (χ1) is 13.5. The van der Waals surface area contributed by atoms with Crippen LogP contribution in [0.4, 0.5) is 4.39 Å². The summed E-state index contributed by atoms with van der Waals surface area (Å²) >= 11 is 0. The first kappa shape index (κ1) is 18.9. The maximum absolute atomic E-state index is 14.1. The SMILES string of the molecule is CCOc1cc2nc(S(=O)C3CCCc4c3ncc(C)c4OC)[nH]c2cc1F. The molecule has 28 heavy (non-hydrogen) atoms. The fourth-order valence-corrected chi connectivity index (χ4v) is 5.21. The van der Waals surface area contributed by atoms with Gasteiger partial charge in [-0.1, -0.05) is 0 Å². The van der Waals surface area contributed by atoms with E-state index in [1.807, 2.05) is 6.92 Å². The van der Waals surface area contributed by atoms with E-state index in [1.54, 1.807) is 20.2 Å². The monoisotopic (exact) mass is 403 g/mol. The third-order valence-electron chi connectivity index (χ3n) is 5.00. The number of nitrogens with zero attached hydrogens (tertiary/aromatic N) is 2. The molecule has 0 aliphatic heterocycles. The first-order valence-electron chi connectivity index (χ1n) is 9.28. The van der Waals surface area contributed by atoms with Crippen molar-refractivity contribution in [2.24, 2.45) is 0 Å². The number of methoxy groups -OCH3 is 1. The van der Waals surface area contributed by atoms with Crippen LogP contribution in [-0.2, 0) is 17.2 Å². The molecule has 0 spiro atoms. The number of aromatic amines is 1. The van der Waals surface area contributed by atoms with Gasteiger partial charge in [0, 0.05) is 29.5 Å². The zero-order valence-electron chi connectivity index (χ0n) is 16.0. The van der Waals surface area contributed by atoms with E-state index in [2.05, 4.69) is 15.0 Å². The highest BCUT2D eigenvalue weighted by molar-refractivity contribution is 7.85. The van der Waals surface area contributed by atoms with Crippen molar-refractivity contribution in [3.05, 3.63) is 41.0 Å². The van der Waals surface area contributed by atoms with Gasteiger partial charge in [-0.3, -0.25) is 9.19 Å². The van der Waals surface area contributed by atoms with Crippen LogP contribution in [0.3, 0.4) is 0 Å². The number of benzene rings is 1. The molecule has 1 aliphatic carbocycles. The van der Waals surface area contributed by atoms with Gasteiger partial charge in [0.05, 0.1) is 46.5 Å². The van der Waals surface area contributed by atoms with Gasteiger partial charge >= 0.3 is 0 Å². The van der Waals surface area contributed by atoms with E-state index in [1.165, 1.54) is 12.1 Å². The van der Waals surface area contributed by atoms with E-state index >= 15 is 0 Å². The molecule has 0 saturated carbocycles. The lowest BCUT2D eigenvalue weighted by Gasteiger charge is -2.25. The summed E-state index contributed by atoms with van der Waals surface area (Å²) in [5.41, 5.74) is 3.81. The quantitative estimate of drug-likeness (QED) is 0.697. The third kappa shape index (κ3) is 3.15. The second-order valence-corrected chi connectivity index (χ2v) is 8.34. The second kappa shape index (κ2) is 7.50. The van der Waals surface area contributed by atoms with Crippen molar-refractivity contribution >= 4 is 21.8 Å². The topological polar surface area (TPSA) is 77.1 Å². The summed E-state index contributed by atoms with van der Waals surface area (Å²) in [6.45, 7) is 4.10. The number of imidazole rings is 1. The van der Waals surface area contributed by atoms with Gasteiger partial charge in [0.1, 0.15) is 5.75 Å². The summed E-state index contributed by atoms with van der Waals surface area (Å²) in [4.78, 5) is 12.0. The van der Waals surface area contributed by atoms with Crippen molar-refractivity contribution in [2.45, 2.75) is 43.5 Å². The van der Waals surface area contributed by atoms with Gasteiger partial charge in [0.15, 0.2) is 16.7 Å². The van der Waals surface area contributed by atoms with Crippen LogP contribution in [0.15, 0.2) is 23.5 Å². The van der Waals surface area contributed by atoms with E-state index in [0.29, 0.717) is 22.8 Å². The molecule has 0 fully saturated rings. The van der Waals surface area contributed by atoms with Crippen LogP contribution in [0.5, 0.6) is 11.5 Å². The van der Waals surface area contributed by atoms with Crippen molar-refractivity contribution in [3.63, 3.8) is 0 Å². The smallest absolute Gasteiger partial charge is 0.198 e. The maximum atomic E-state index is 14.1. The zero-order valence-corrected chi connectivity index (χ0v) is 16.9. The van der Waals surface area contributed by atoms with E-state index in [4.69, 9.17) is 9.47 Å². The molecule has 0 saturated heterocycles. The number of ether oxygens (including phenoxy) is 2. The highest BCUT2D eigenvalue weighted by Crippen LogP contribution is 2.40. The van der Waals surface area contributed by atoms with E-state index in [9.17, 15) is 8.60 Å². The Kier molecular flexibility index (Phi) is 5.05. The molecule has 1 aromatic carbocycles. The van der Waals surface area contributed by atoms with Crippen LogP contribution in [0.1, 0.15) is 41.8 Å². The fourth-order valence-electron chi connectivity index (χ4n) is 3.75. The normalized spacial score (nSPS) is 17.4. The number of aryl methyl sites for hydroxylation is 1. The molecule has 1 N–H and O–H groups in total. The third-order valence-corrected chi connectivity index (χ3v) is 6.55. The maximum Gasteiger partial charge on any atom is 0.198 e. The summed E-state index contributed by atoms with van der Waals surface area (Å²) in [5, 5.41) is 0.0391. The Morgan fingerprint density at radius 1 is 1.39 bits per heavy atom. The highest BCUT2D eigenvalue weighted by Gasteiger charge is 2.32. The zero-order chi connectivity index (χ0) is 19.8. The largest absolute Gasteiger partial charge is 0.496 e. The summed E-state index contributed by atoms with van der Waals surface area (Å²) in [5.74, 6) is 0.490. The van der Waals surface area contributed by atoms with Gasteiger partial charge in [-0.2, -0.15) is 0 Å². The number of hydrogen-bond donors (Lipinski definition) is 1. The molecule has 4 rings (SSSR count). The summed E-state index contributed by atoms with van der Waals surface area (Å²) < 4.78 is 38.3. The summed E-state index contributed by atoms with van der Waals surface area (Å²) in [6, 6.07) is 2.86. The number of nitrogens with one attached hydrogen (secondary N) is 1. The lowest BCUT2D eigenvalue weighted by Crippen LogP contribution is -2.18. The molecule has 3 aromatic rings. The molecule has 1 aliphatic rings. The van der Waals surface area contributed by atoms with Crippen molar-refractivity contribution < 1.29 is 18.1 Å². The van der Waals surface area contributed by atoms with Gasteiger partial charge in [-0.25, -0.2) is 9.37 Å². The van der Waals surface area contributed by atoms with Gasteiger partial charge < -0.3 is 14.5 Å². The molecule has 0 bridgehead atoms. The number of H-pyrrole nitrogens is 1. The Labute approximate surface area is 164 Å². The van der Waals surface area contributed by atoms with E-state index in [0.717, 1.165) is 41.8 Å². The van der Waals surface area contributed by atoms with Crippen LogP contribution in [-0.4, -0.2) is 32.9 Å². The van der Waals surface area contributed by atoms with Crippen molar-refractivity contribution in [1.82, 2.24) is 15.0 Å². The molecule has 2 atom stereocenters. The number of halogens is 1. The van der Waals surface area contributed by atoms with Crippen LogP contribution in [0.2, 0.25) is 0 Å². The van der Waals surface area contributed by atoms with Crippen LogP contribution in [0.25, 0.3) is 11.0 Å². The van der Waals surface area contributed by atoms with Crippen LogP contribution >= 0.6 is 0 Å². The number of rotatable bonds is 5. The molecule has 148 valence electrons. The molecule has 2 aromatic heterocycles. The standard InChI is InChI=1S/C20H22FN3O3S/c1-4-27-16-9-15-14(8-13(16)21)23-20(24-15)28(25)17-7-5-6-12-18(17)22-10-11(2)19(12)26-3/h8-10,17H,4-7H2,1-3H3,(H,23,24). The minimum Gasteiger partial charge on any atom is -0.496 e. The Hall–Kier alpha value is -2.48. The summed E-state index contributed by atoms with van der Waals surface area (Å²) in [7, 11) is 0.200. The number of fused-ring (bicyclic) bond motifs is 2. The van der Waals surface area contributed by atoms with Crippen LogP contribution in [0, 0.1) is 12.7 Å². The molecular formula is C20H22FN3O3S. The molecule has 2 unspecified atom stereocenters. The highest BCUT2D eigenvalue weighted by atomic mass is 32.2. The average Bonchev–Trinajstić information content (AvgIpc) is 3.10. The first-order valence-corrected chi connectivity index (χ1v) is 10.5. The Balaban J connectivity index is 1.73. The molecule has 2 heterocycles. The molecule has 6 nitrogen and oxygen atoms in total. The van der Waals surface area contributed by atoms with E-state index in [-0.39, 0.29) is 11.0 Å². The van der Waals surface area contributed by atoms with Gasteiger partial charge in [-0.05, 0) is 33.1 Å². The van der Waals surface area contributed by atoms with Gasteiger partial charge in [0.2, 0.25) is 0 Å². The number of aromatic nitrogens is 3.